The van der Waals surface area contributed by atoms with Crippen molar-refractivity contribution in [2.45, 2.75) is 45.3 Å². The molecule has 2 aromatic carbocycles. The number of nitrogens with one attached hydrogen (secondary N) is 1. The Labute approximate surface area is 184 Å². The number of carbonyl (C=O) groups is 1. The number of likely N-dealkylation sites (tertiary alicyclic amines) is 1. The van der Waals surface area contributed by atoms with Crippen LogP contribution in [0.25, 0.3) is 0 Å². The fourth-order valence-electron chi connectivity index (χ4n) is 4.35. The monoisotopic (exact) mass is 426 g/mol. The van der Waals surface area contributed by atoms with E-state index in [2.05, 4.69) is 54.1 Å². The third kappa shape index (κ3) is 4.57. The summed E-state index contributed by atoms with van der Waals surface area (Å²) < 4.78 is 0. The second kappa shape index (κ2) is 8.48. The first-order valence-corrected chi connectivity index (χ1v) is 11.1. The van der Waals surface area contributed by atoms with E-state index < -0.39 is 0 Å². The number of hydrogen-bond acceptors (Lipinski definition) is 3. The second-order valence-corrected chi connectivity index (χ2v) is 9.68. The summed E-state index contributed by atoms with van der Waals surface area (Å²) >= 11 is 6.03. The zero-order chi connectivity index (χ0) is 21.3. The van der Waals surface area contributed by atoms with E-state index in [1.165, 1.54) is 5.56 Å². The molecule has 0 spiro atoms. The van der Waals surface area contributed by atoms with Gasteiger partial charge in [-0.3, -0.25) is 9.80 Å². The molecule has 5 nitrogen and oxygen atoms in total. The van der Waals surface area contributed by atoms with Crippen LogP contribution in [0.4, 0.5) is 16.2 Å². The Morgan fingerprint density at radius 2 is 1.73 bits per heavy atom. The Kier molecular flexibility index (Phi) is 5.94. The van der Waals surface area contributed by atoms with E-state index >= 15 is 0 Å². The highest BCUT2D eigenvalue weighted by Gasteiger charge is 2.33. The molecule has 6 heteroatoms. The molecule has 30 heavy (non-hydrogen) atoms. The molecule has 2 heterocycles. The largest absolute Gasteiger partial charge is 0.364 e. The molecule has 2 aliphatic rings. The summed E-state index contributed by atoms with van der Waals surface area (Å²) in [7, 11) is 0. The summed E-state index contributed by atoms with van der Waals surface area (Å²) in [6.45, 7) is 10.9. The zero-order valence-electron chi connectivity index (χ0n) is 18.1. The smallest absolute Gasteiger partial charge is 0.322 e. The Morgan fingerprint density at radius 3 is 2.40 bits per heavy atom. The first-order chi connectivity index (χ1) is 14.3. The number of anilines is 2. The van der Waals surface area contributed by atoms with Crippen LogP contribution in [-0.2, 0) is 6.54 Å². The van der Waals surface area contributed by atoms with E-state index in [0.29, 0.717) is 6.54 Å². The van der Waals surface area contributed by atoms with Crippen molar-refractivity contribution < 1.29 is 4.79 Å². The average molecular weight is 427 g/mol. The van der Waals surface area contributed by atoms with Crippen LogP contribution in [0.2, 0.25) is 5.02 Å². The van der Waals surface area contributed by atoms with Gasteiger partial charge in [0.2, 0.25) is 0 Å². The normalized spacial score (nSPS) is 19.7. The maximum Gasteiger partial charge on any atom is 0.322 e. The molecule has 2 aliphatic heterocycles. The number of halogens is 1. The molecule has 1 N–H and O–H groups in total. The first-order valence-electron chi connectivity index (χ1n) is 10.7. The second-order valence-electron chi connectivity index (χ2n) is 9.24. The predicted molar refractivity (Wildman–Crippen MR) is 125 cm³/mol. The maximum atomic E-state index is 13.1. The topological polar surface area (TPSA) is 38.8 Å². The molecule has 2 amide bonds. The summed E-state index contributed by atoms with van der Waals surface area (Å²) in [6.07, 6.45) is 1.00. The van der Waals surface area contributed by atoms with Crippen LogP contribution in [0.3, 0.4) is 0 Å². The molecule has 0 aromatic heterocycles. The fourth-order valence-corrected chi connectivity index (χ4v) is 4.47. The van der Waals surface area contributed by atoms with Gasteiger partial charge in [0.15, 0.2) is 0 Å². The van der Waals surface area contributed by atoms with Crippen LogP contribution in [0.15, 0.2) is 48.5 Å². The van der Waals surface area contributed by atoms with E-state index in [9.17, 15) is 4.79 Å². The SMILES string of the molecule is CC(C)(C)N1CC[C@@H](NC(=O)N2CCN(Cc3ccc(Cl)cc3)c3ccccc32)C1. The number of fused-ring (bicyclic) bond motifs is 1. The lowest BCUT2D eigenvalue weighted by Crippen LogP contribution is -2.51. The van der Waals surface area contributed by atoms with Crippen molar-refractivity contribution in [3.8, 4) is 0 Å². The Hall–Kier alpha value is -2.24. The number of para-hydroxylation sites is 2. The van der Waals surface area contributed by atoms with Gasteiger partial charge in [0.05, 0.1) is 11.4 Å². The van der Waals surface area contributed by atoms with Gasteiger partial charge in [-0.1, -0.05) is 35.9 Å². The molecule has 1 saturated heterocycles. The highest BCUT2D eigenvalue weighted by molar-refractivity contribution is 6.30. The van der Waals surface area contributed by atoms with Gasteiger partial charge in [-0.25, -0.2) is 4.79 Å². The highest BCUT2D eigenvalue weighted by atomic mass is 35.5. The molecule has 160 valence electrons. The first kappa shape index (κ1) is 21.0. The minimum atomic E-state index is 0.00866. The molecule has 4 rings (SSSR count). The van der Waals surface area contributed by atoms with Gasteiger partial charge in [-0.05, 0) is 57.0 Å². The maximum absolute atomic E-state index is 13.1. The van der Waals surface area contributed by atoms with Crippen molar-refractivity contribution in [2.24, 2.45) is 0 Å². The molecule has 0 aliphatic carbocycles. The minimum absolute atomic E-state index is 0.00866. The molecule has 0 radical (unpaired) electrons. The fraction of sp³-hybridized carbons (Fsp3) is 0.458. The molecular weight excluding hydrogens is 396 g/mol. The van der Waals surface area contributed by atoms with Crippen LogP contribution in [0.1, 0.15) is 32.8 Å². The summed E-state index contributed by atoms with van der Waals surface area (Å²) in [5, 5.41) is 4.02. The van der Waals surface area contributed by atoms with E-state index in [0.717, 1.165) is 49.0 Å². The molecule has 1 atom stereocenters. The lowest BCUT2D eigenvalue weighted by molar-refractivity contribution is 0.170. The van der Waals surface area contributed by atoms with E-state index in [4.69, 9.17) is 11.6 Å². The van der Waals surface area contributed by atoms with E-state index in [1.54, 1.807) is 0 Å². The number of rotatable bonds is 3. The van der Waals surface area contributed by atoms with Crippen LogP contribution >= 0.6 is 11.6 Å². The van der Waals surface area contributed by atoms with Gasteiger partial charge < -0.3 is 10.2 Å². The molecule has 0 unspecified atom stereocenters. The van der Waals surface area contributed by atoms with Gasteiger partial charge in [-0.2, -0.15) is 0 Å². The third-order valence-electron chi connectivity index (χ3n) is 6.10. The quantitative estimate of drug-likeness (QED) is 0.769. The Morgan fingerprint density at radius 1 is 1.03 bits per heavy atom. The molecule has 0 saturated carbocycles. The average Bonchev–Trinajstić information content (AvgIpc) is 3.19. The molecular formula is C24H31ClN4O. The summed E-state index contributed by atoms with van der Waals surface area (Å²) in [6, 6.07) is 16.4. The summed E-state index contributed by atoms with van der Waals surface area (Å²) in [5.41, 5.74) is 3.41. The molecule has 0 bridgehead atoms. The number of hydrogen-bond donors (Lipinski definition) is 1. The van der Waals surface area contributed by atoms with Crippen molar-refractivity contribution >= 4 is 29.0 Å². The van der Waals surface area contributed by atoms with Crippen molar-refractivity contribution in [1.82, 2.24) is 10.2 Å². The van der Waals surface area contributed by atoms with Gasteiger partial charge in [0, 0.05) is 49.3 Å². The van der Waals surface area contributed by atoms with Crippen LogP contribution in [0.5, 0.6) is 0 Å². The van der Waals surface area contributed by atoms with Gasteiger partial charge >= 0.3 is 6.03 Å². The standard InChI is InChI=1S/C24H31ClN4O/c1-24(2,3)28-13-12-20(17-28)26-23(30)29-15-14-27(21-6-4-5-7-22(21)29)16-18-8-10-19(25)11-9-18/h4-11,20H,12-17H2,1-3H3,(H,26,30)/t20-/m1/s1. The van der Waals surface area contributed by atoms with Gasteiger partial charge in [0.25, 0.3) is 0 Å². The number of carbonyl (C=O) groups excluding carboxylic acids is 1. The molecule has 2 aromatic rings. The van der Waals surface area contributed by atoms with E-state index in [-0.39, 0.29) is 17.6 Å². The Bertz CT molecular complexity index is 893. The number of amides is 2. The van der Waals surface area contributed by atoms with Crippen molar-refractivity contribution in [1.29, 1.82) is 0 Å². The van der Waals surface area contributed by atoms with Crippen LogP contribution in [-0.4, -0.2) is 48.7 Å². The summed E-state index contributed by atoms with van der Waals surface area (Å²) in [4.78, 5) is 19.8. The van der Waals surface area contributed by atoms with Crippen LogP contribution in [0, 0.1) is 0 Å². The Balaban J connectivity index is 1.45. The number of urea groups is 1. The zero-order valence-corrected chi connectivity index (χ0v) is 18.8. The van der Waals surface area contributed by atoms with Crippen LogP contribution < -0.4 is 15.1 Å². The third-order valence-corrected chi connectivity index (χ3v) is 6.36. The number of nitrogens with zero attached hydrogens (tertiary/aromatic N) is 3. The van der Waals surface area contributed by atoms with Crippen molar-refractivity contribution in [3.05, 3.63) is 59.1 Å². The lowest BCUT2D eigenvalue weighted by atomic mass is 10.1. The minimum Gasteiger partial charge on any atom is -0.364 e. The predicted octanol–water partition coefficient (Wildman–Crippen LogP) is 4.75. The lowest BCUT2D eigenvalue weighted by Gasteiger charge is -2.38. The van der Waals surface area contributed by atoms with E-state index in [1.807, 2.05) is 35.2 Å². The van der Waals surface area contributed by atoms with Gasteiger partial charge in [-0.15, -0.1) is 0 Å². The van der Waals surface area contributed by atoms with Gasteiger partial charge in [0.1, 0.15) is 0 Å². The summed E-state index contributed by atoms with van der Waals surface area (Å²) in [5.74, 6) is 0. The highest BCUT2D eigenvalue weighted by Crippen LogP contribution is 2.34. The van der Waals surface area contributed by atoms with Crippen molar-refractivity contribution in [2.75, 3.05) is 36.0 Å². The number of benzene rings is 2. The molecule has 1 fully saturated rings. The van der Waals surface area contributed by atoms with Crippen molar-refractivity contribution in [3.63, 3.8) is 0 Å².